The van der Waals surface area contributed by atoms with E-state index in [0.29, 0.717) is 11.5 Å². The van der Waals surface area contributed by atoms with Crippen LogP contribution in [0.1, 0.15) is 126 Å². The van der Waals surface area contributed by atoms with Crippen LogP contribution in [0.2, 0.25) is 0 Å². The lowest BCUT2D eigenvalue weighted by atomic mass is 9.64. The number of aromatic hydroxyl groups is 2. The van der Waals surface area contributed by atoms with E-state index in [0.717, 1.165) is 59.6 Å². The molecule has 1 saturated heterocycles. The molecule has 0 radical (unpaired) electrons. The molecule has 310 valence electrons. The summed E-state index contributed by atoms with van der Waals surface area (Å²) >= 11 is 0. The lowest BCUT2D eigenvalue weighted by molar-refractivity contribution is 0.00578. The van der Waals surface area contributed by atoms with E-state index in [1.54, 1.807) is 0 Å². The maximum absolute atomic E-state index is 9.77. The molecule has 60 heavy (non-hydrogen) atoms. The first kappa shape index (κ1) is 41.6. The van der Waals surface area contributed by atoms with Crippen molar-refractivity contribution >= 4 is 12.6 Å². The van der Waals surface area contributed by atoms with Crippen LogP contribution in [0, 0.1) is 13.8 Å². The number of benzene rings is 4. The Morgan fingerprint density at radius 1 is 0.483 bits per heavy atom. The number of aromatic nitrogens is 3. The van der Waals surface area contributed by atoms with Crippen molar-refractivity contribution in [2.24, 2.45) is 0 Å². The van der Waals surface area contributed by atoms with Gasteiger partial charge in [-0.15, -0.1) is 10.2 Å². The van der Waals surface area contributed by atoms with Crippen molar-refractivity contribution in [3.63, 3.8) is 0 Å². The third-order valence-corrected chi connectivity index (χ3v) is 14.1. The van der Waals surface area contributed by atoms with E-state index in [-0.39, 0.29) is 29.2 Å². The SMILES string of the molecule is CC1(C)OB(c2ccc(C3(c4ccc(O)cc4)CCCCC3)cc2)OC1(C)C.Cc1ccc(C)n1-c1ccc(-c2ccc(C3(c4ccc(O)cc4)CCCCC3)cc2)nn1. The maximum Gasteiger partial charge on any atom is 0.494 e. The Balaban J connectivity index is 0.000000168. The summed E-state index contributed by atoms with van der Waals surface area (Å²) in [5.41, 5.74) is 10.0. The molecule has 2 N–H and O–H groups in total. The van der Waals surface area contributed by atoms with Crippen molar-refractivity contribution < 1.29 is 19.5 Å². The van der Waals surface area contributed by atoms with Crippen molar-refractivity contribution in [2.45, 2.75) is 128 Å². The predicted molar refractivity (Wildman–Crippen MR) is 242 cm³/mol. The first-order valence-electron chi connectivity index (χ1n) is 22.0. The van der Waals surface area contributed by atoms with Gasteiger partial charge in [-0.2, -0.15) is 0 Å². The number of rotatable bonds is 7. The molecule has 0 amide bonds. The minimum atomic E-state index is -0.326. The van der Waals surface area contributed by atoms with Crippen LogP contribution in [-0.4, -0.2) is 43.3 Å². The third kappa shape index (κ3) is 8.04. The molecule has 3 heterocycles. The van der Waals surface area contributed by atoms with Gasteiger partial charge in [-0.25, -0.2) is 0 Å². The van der Waals surface area contributed by atoms with E-state index in [1.165, 1.54) is 60.8 Å². The second-order valence-corrected chi connectivity index (χ2v) is 18.4. The molecule has 3 aliphatic rings. The topological polar surface area (TPSA) is 89.6 Å². The molecule has 6 aromatic rings. The van der Waals surface area contributed by atoms with Gasteiger partial charge >= 0.3 is 7.12 Å². The Morgan fingerprint density at radius 2 is 0.883 bits per heavy atom. The van der Waals surface area contributed by atoms with Crippen LogP contribution in [0.15, 0.2) is 121 Å². The van der Waals surface area contributed by atoms with E-state index in [1.807, 2.05) is 36.4 Å². The van der Waals surface area contributed by atoms with Crippen LogP contribution in [0.5, 0.6) is 11.5 Å². The molecule has 0 bridgehead atoms. The van der Waals surface area contributed by atoms with Gasteiger partial charge < -0.3 is 24.1 Å². The molecule has 9 rings (SSSR count). The molecule has 2 aromatic heterocycles. The molecule has 2 aliphatic carbocycles. The standard InChI is InChI=1S/C28H29N3O.C24H31BO3/c1-20-6-7-21(2)31(20)27-17-16-26(29-30-27)22-8-10-23(11-9-22)28(18-4-3-5-19-28)24-12-14-25(32)15-13-24;1-22(2)23(3,4)28-25(27-22)20-12-8-18(9-13-20)24(16-6-5-7-17-24)19-10-14-21(26)15-11-19/h6-17,32H,3-5,18-19H2,1-2H3;8-15,26H,5-7,16-17H2,1-4H3. The van der Waals surface area contributed by atoms with Crippen LogP contribution in [0.4, 0.5) is 0 Å². The van der Waals surface area contributed by atoms with Crippen molar-refractivity contribution in [3.05, 3.63) is 155 Å². The molecule has 0 spiro atoms. The normalized spacial score (nSPS) is 19.0. The summed E-state index contributed by atoms with van der Waals surface area (Å²) in [4.78, 5) is 0. The number of hydrogen-bond donors (Lipinski definition) is 2. The summed E-state index contributed by atoms with van der Waals surface area (Å²) in [6.45, 7) is 12.5. The Morgan fingerprint density at radius 3 is 1.28 bits per heavy atom. The van der Waals surface area contributed by atoms with Crippen molar-refractivity contribution in [3.8, 4) is 28.6 Å². The third-order valence-electron chi connectivity index (χ3n) is 14.1. The summed E-state index contributed by atoms with van der Waals surface area (Å²) in [6, 6.07) is 41.5. The summed E-state index contributed by atoms with van der Waals surface area (Å²) in [6.07, 6.45) is 12.1. The summed E-state index contributed by atoms with van der Waals surface area (Å²) in [5, 5.41) is 28.5. The van der Waals surface area contributed by atoms with Gasteiger partial charge in [-0.05, 0) is 143 Å². The highest BCUT2D eigenvalue weighted by Gasteiger charge is 2.51. The zero-order valence-electron chi connectivity index (χ0n) is 36.2. The van der Waals surface area contributed by atoms with Gasteiger partial charge in [0, 0.05) is 27.8 Å². The Labute approximate surface area is 357 Å². The smallest absolute Gasteiger partial charge is 0.494 e. The molecule has 4 aromatic carbocycles. The zero-order chi connectivity index (χ0) is 42.1. The average molecular weight is 802 g/mol. The van der Waals surface area contributed by atoms with Crippen molar-refractivity contribution in [1.29, 1.82) is 0 Å². The molecule has 3 fully saturated rings. The Kier molecular flexibility index (Phi) is 11.6. The van der Waals surface area contributed by atoms with E-state index >= 15 is 0 Å². The zero-order valence-corrected chi connectivity index (χ0v) is 36.2. The predicted octanol–water partition coefficient (Wildman–Crippen LogP) is 11.4. The van der Waals surface area contributed by atoms with Gasteiger partial charge in [-0.3, -0.25) is 0 Å². The molecule has 0 unspecified atom stereocenters. The van der Waals surface area contributed by atoms with E-state index in [4.69, 9.17) is 9.31 Å². The quantitative estimate of drug-likeness (QED) is 0.156. The molecule has 2 saturated carbocycles. The van der Waals surface area contributed by atoms with Crippen LogP contribution >= 0.6 is 0 Å². The fraction of sp³-hybridized carbons (Fsp3) is 0.385. The Bertz CT molecular complexity index is 2320. The van der Waals surface area contributed by atoms with Gasteiger partial charge in [0.1, 0.15) is 11.5 Å². The summed E-state index contributed by atoms with van der Waals surface area (Å²) in [5.74, 6) is 1.49. The number of nitrogens with zero attached hydrogens (tertiary/aromatic N) is 3. The van der Waals surface area contributed by atoms with Crippen LogP contribution in [0.25, 0.3) is 17.1 Å². The highest BCUT2D eigenvalue weighted by atomic mass is 16.7. The minimum Gasteiger partial charge on any atom is -0.508 e. The first-order valence-corrected chi connectivity index (χ1v) is 22.0. The van der Waals surface area contributed by atoms with Gasteiger partial charge in [0.2, 0.25) is 0 Å². The first-order chi connectivity index (χ1) is 28.8. The Hall–Kier alpha value is -5.18. The van der Waals surface area contributed by atoms with Crippen LogP contribution in [-0.2, 0) is 20.1 Å². The van der Waals surface area contributed by atoms with Gasteiger partial charge in [0.15, 0.2) is 5.82 Å². The second-order valence-electron chi connectivity index (χ2n) is 18.4. The lowest BCUT2D eigenvalue weighted by Crippen LogP contribution is -2.41. The number of aryl methyl sites for hydroxylation is 2. The highest BCUT2D eigenvalue weighted by Crippen LogP contribution is 2.47. The molecular weight excluding hydrogens is 741 g/mol. The van der Waals surface area contributed by atoms with Crippen LogP contribution < -0.4 is 5.46 Å². The number of phenols is 2. The fourth-order valence-electron chi connectivity index (χ4n) is 9.89. The number of hydrogen-bond acceptors (Lipinski definition) is 6. The summed E-state index contributed by atoms with van der Waals surface area (Å²) < 4.78 is 14.5. The average Bonchev–Trinajstić information content (AvgIpc) is 3.72. The van der Waals surface area contributed by atoms with Crippen LogP contribution in [0.3, 0.4) is 0 Å². The lowest BCUT2D eigenvalue weighted by Gasteiger charge is -2.38. The molecule has 1 aliphatic heterocycles. The van der Waals surface area contributed by atoms with E-state index < -0.39 is 0 Å². The highest BCUT2D eigenvalue weighted by molar-refractivity contribution is 6.62. The molecular formula is C52H60BN3O4. The van der Waals surface area contributed by atoms with Gasteiger partial charge in [-0.1, -0.05) is 111 Å². The molecule has 7 nitrogen and oxygen atoms in total. The van der Waals surface area contributed by atoms with E-state index in [2.05, 4.69) is 141 Å². The van der Waals surface area contributed by atoms with Gasteiger partial charge in [0.25, 0.3) is 0 Å². The minimum absolute atomic E-state index is 0.0174. The number of phenolic OH excluding ortho intramolecular Hbond substituents is 2. The fourth-order valence-corrected chi connectivity index (χ4v) is 9.89. The monoisotopic (exact) mass is 801 g/mol. The van der Waals surface area contributed by atoms with E-state index in [9.17, 15) is 10.2 Å². The second kappa shape index (κ2) is 16.7. The molecule has 0 atom stereocenters. The van der Waals surface area contributed by atoms with Crippen molar-refractivity contribution in [2.75, 3.05) is 0 Å². The van der Waals surface area contributed by atoms with Crippen molar-refractivity contribution in [1.82, 2.24) is 14.8 Å². The maximum atomic E-state index is 9.77. The largest absolute Gasteiger partial charge is 0.508 e. The molecule has 8 heteroatoms. The summed E-state index contributed by atoms with van der Waals surface area (Å²) in [7, 11) is -0.324. The van der Waals surface area contributed by atoms with Gasteiger partial charge in [0.05, 0.1) is 16.9 Å².